The predicted octanol–water partition coefficient (Wildman–Crippen LogP) is 4.59. The molecule has 3 heterocycles. The first kappa shape index (κ1) is 17.6. The molecule has 1 atom stereocenters. The molecule has 1 aromatic carbocycles. The molecule has 0 bridgehead atoms. The van der Waals surface area contributed by atoms with Gasteiger partial charge in [-0.1, -0.05) is 12.1 Å². The molecule has 27 heavy (non-hydrogen) atoms. The molecule has 1 aliphatic rings. The number of nitrogens with zero attached hydrogens (tertiary/aromatic N) is 2. The van der Waals surface area contributed by atoms with Gasteiger partial charge in [-0.25, -0.2) is 0 Å². The highest BCUT2D eigenvalue weighted by Crippen LogP contribution is 2.39. The molecule has 0 aliphatic carbocycles. The van der Waals surface area contributed by atoms with E-state index in [9.17, 15) is 4.79 Å². The topological polar surface area (TPSA) is 36.7 Å². The number of thiophene rings is 1. The summed E-state index contributed by atoms with van der Waals surface area (Å²) < 4.78 is 5.07. The lowest BCUT2D eigenvalue weighted by Crippen LogP contribution is -2.39. The molecular weight excluding hydrogens is 356 g/mol. The molecule has 0 saturated carbocycles. The quantitative estimate of drug-likeness (QED) is 0.623. The van der Waals surface area contributed by atoms with E-state index in [0.717, 1.165) is 29.8 Å². The number of rotatable bonds is 4. The zero-order chi connectivity index (χ0) is 18.8. The summed E-state index contributed by atoms with van der Waals surface area (Å²) >= 11 is 1.73. The Kier molecular flexibility index (Phi) is 4.86. The van der Waals surface area contributed by atoms with Gasteiger partial charge in [0.2, 0.25) is 5.91 Å². The standard InChI is InChI=1S/C22H22N2O2S/c1-23(2)19-6-4-17(5-7-19)21-22-18(11-14-27-22)9-12-24(21)20(25)8-3-16-10-13-26-15-16/h3-8,10-11,13-15,21H,9,12H2,1-2H3/b8-3+. The molecule has 1 aliphatic heterocycles. The van der Waals surface area contributed by atoms with E-state index in [-0.39, 0.29) is 11.9 Å². The number of benzene rings is 1. The highest BCUT2D eigenvalue weighted by Gasteiger charge is 2.32. The van der Waals surface area contributed by atoms with Crippen LogP contribution >= 0.6 is 11.3 Å². The summed E-state index contributed by atoms with van der Waals surface area (Å²) in [7, 11) is 4.06. The number of anilines is 1. The third kappa shape index (κ3) is 3.55. The van der Waals surface area contributed by atoms with Gasteiger partial charge in [-0.3, -0.25) is 4.79 Å². The summed E-state index contributed by atoms with van der Waals surface area (Å²) in [5, 5.41) is 2.13. The third-order valence-electron chi connectivity index (χ3n) is 4.93. The van der Waals surface area contributed by atoms with Crippen molar-refractivity contribution in [1.29, 1.82) is 0 Å². The Labute approximate surface area is 163 Å². The maximum atomic E-state index is 13.0. The lowest BCUT2D eigenvalue weighted by atomic mass is 9.95. The molecule has 0 fully saturated rings. The number of amides is 1. The molecule has 2 aromatic heterocycles. The van der Waals surface area contributed by atoms with Crippen LogP contribution in [-0.2, 0) is 11.2 Å². The van der Waals surface area contributed by atoms with Crippen LogP contribution in [-0.4, -0.2) is 31.4 Å². The van der Waals surface area contributed by atoms with Crippen molar-refractivity contribution >= 4 is 29.0 Å². The number of fused-ring (bicyclic) bond motifs is 1. The Bertz CT molecular complexity index is 939. The van der Waals surface area contributed by atoms with E-state index in [4.69, 9.17) is 4.42 Å². The Hall–Kier alpha value is -2.79. The number of furan rings is 1. The summed E-state index contributed by atoms with van der Waals surface area (Å²) in [5.41, 5.74) is 4.54. The van der Waals surface area contributed by atoms with Crippen LogP contribution in [0.3, 0.4) is 0 Å². The first-order valence-electron chi connectivity index (χ1n) is 8.98. The van der Waals surface area contributed by atoms with E-state index in [1.165, 1.54) is 10.4 Å². The Morgan fingerprint density at radius 2 is 2.04 bits per heavy atom. The van der Waals surface area contributed by atoms with Crippen LogP contribution in [0.4, 0.5) is 5.69 Å². The van der Waals surface area contributed by atoms with Crippen molar-refractivity contribution in [1.82, 2.24) is 4.90 Å². The Morgan fingerprint density at radius 1 is 1.22 bits per heavy atom. The third-order valence-corrected chi connectivity index (χ3v) is 5.94. The first-order valence-corrected chi connectivity index (χ1v) is 9.86. The highest BCUT2D eigenvalue weighted by atomic mass is 32.1. The minimum atomic E-state index is -0.0357. The van der Waals surface area contributed by atoms with Crippen molar-refractivity contribution < 1.29 is 9.21 Å². The average molecular weight is 378 g/mol. The molecule has 1 unspecified atom stereocenters. The molecule has 3 aromatic rings. The maximum Gasteiger partial charge on any atom is 0.247 e. The van der Waals surface area contributed by atoms with Gasteiger partial charge in [0, 0.05) is 42.8 Å². The summed E-state index contributed by atoms with van der Waals surface area (Å²) in [6.45, 7) is 0.721. The summed E-state index contributed by atoms with van der Waals surface area (Å²) in [6.07, 6.45) is 7.59. The van der Waals surface area contributed by atoms with Gasteiger partial charge in [-0.2, -0.15) is 0 Å². The number of carbonyl (C=O) groups is 1. The molecule has 0 radical (unpaired) electrons. The van der Waals surface area contributed by atoms with Gasteiger partial charge in [-0.05, 0) is 53.3 Å². The zero-order valence-corrected chi connectivity index (χ0v) is 16.3. The second-order valence-corrected chi connectivity index (χ2v) is 7.82. The van der Waals surface area contributed by atoms with Crippen LogP contribution in [0.5, 0.6) is 0 Å². The van der Waals surface area contributed by atoms with Gasteiger partial charge >= 0.3 is 0 Å². The maximum absolute atomic E-state index is 13.0. The molecule has 4 rings (SSSR count). The minimum Gasteiger partial charge on any atom is -0.472 e. The number of carbonyl (C=O) groups excluding carboxylic acids is 1. The molecular formula is C22H22N2O2S. The monoisotopic (exact) mass is 378 g/mol. The predicted molar refractivity (Wildman–Crippen MR) is 110 cm³/mol. The first-order chi connectivity index (χ1) is 13.1. The fourth-order valence-electron chi connectivity index (χ4n) is 3.46. The highest BCUT2D eigenvalue weighted by molar-refractivity contribution is 7.10. The lowest BCUT2D eigenvalue weighted by molar-refractivity contribution is -0.127. The number of hydrogen-bond donors (Lipinski definition) is 0. The average Bonchev–Trinajstić information content (AvgIpc) is 3.36. The van der Waals surface area contributed by atoms with Crippen molar-refractivity contribution in [3.63, 3.8) is 0 Å². The van der Waals surface area contributed by atoms with Crippen molar-refractivity contribution in [3.05, 3.63) is 81.9 Å². The van der Waals surface area contributed by atoms with Crippen molar-refractivity contribution in [2.24, 2.45) is 0 Å². The summed E-state index contributed by atoms with van der Waals surface area (Å²) in [5.74, 6) is 0.0249. The van der Waals surface area contributed by atoms with Gasteiger partial charge in [-0.15, -0.1) is 11.3 Å². The van der Waals surface area contributed by atoms with Crippen molar-refractivity contribution in [2.75, 3.05) is 25.5 Å². The van der Waals surface area contributed by atoms with Crippen molar-refractivity contribution in [2.45, 2.75) is 12.5 Å². The van der Waals surface area contributed by atoms with E-state index in [2.05, 4.69) is 40.6 Å². The van der Waals surface area contributed by atoms with Gasteiger partial charge in [0.25, 0.3) is 0 Å². The molecule has 4 nitrogen and oxygen atoms in total. The molecule has 0 spiro atoms. The van der Waals surface area contributed by atoms with Crippen LogP contribution in [0.2, 0.25) is 0 Å². The largest absolute Gasteiger partial charge is 0.472 e. The number of hydrogen-bond acceptors (Lipinski definition) is 4. The van der Waals surface area contributed by atoms with Crippen molar-refractivity contribution in [3.8, 4) is 0 Å². The molecule has 138 valence electrons. The Balaban J connectivity index is 1.66. The minimum absolute atomic E-state index is 0.0249. The normalized spacial score (nSPS) is 16.5. The van der Waals surface area contributed by atoms with Crippen LogP contribution < -0.4 is 4.90 Å². The summed E-state index contributed by atoms with van der Waals surface area (Å²) in [6, 6.07) is 12.5. The smallest absolute Gasteiger partial charge is 0.247 e. The van der Waals surface area contributed by atoms with Crippen LogP contribution in [0.1, 0.15) is 27.6 Å². The second kappa shape index (κ2) is 7.45. The van der Waals surface area contributed by atoms with Gasteiger partial charge < -0.3 is 14.2 Å². The second-order valence-electron chi connectivity index (χ2n) is 6.87. The SMILES string of the molecule is CN(C)c1ccc(C2c3sccc3CCN2C(=O)/C=C/c2ccoc2)cc1. The molecule has 0 N–H and O–H groups in total. The summed E-state index contributed by atoms with van der Waals surface area (Å²) in [4.78, 5) is 18.3. The van der Waals surface area contributed by atoms with Crippen LogP contribution in [0.15, 0.2) is 64.8 Å². The van der Waals surface area contributed by atoms with Gasteiger partial charge in [0.05, 0.1) is 18.6 Å². The van der Waals surface area contributed by atoms with E-state index < -0.39 is 0 Å². The zero-order valence-electron chi connectivity index (χ0n) is 15.5. The fourth-order valence-corrected chi connectivity index (χ4v) is 4.55. The van der Waals surface area contributed by atoms with E-state index in [0.29, 0.717) is 0 Å². The van der Waals surface area contributed by atoms with E-state index in [1.54, 1.807) is 29.9 Å². The fraction of sp³-hybridized carbons (Fsp3) is 0.227. The Morgan fingerprint density at radius 3 is 2.74 bits per heavy atom. The van der Waals surface area contributed by atoms with Crippen LogP contribution in [0.25, 0.3) is 6.08 Å². The van der Waals surface area contributed by atoms with E-state index in [1.807, 2.05) is 31.1 Å². The van der Waals surface area contributed by atoms with E-state index >= 15 is 0 Å². The van der Waals surface area contributed by atoms with Gasteiger partial charge in [0.15, 0.2) is 0 Å². The molecule has 1 amide bonds. The molecule has 5 heteroatoms. The lowest BCUT2D eigenvalue weighted by Gasteiger charge is -2.35. The van der Waals surface area contributed by atoms with Crippen LogP contribution in [0, 0.1) is 0 Å². The molecule has 0 saturated heterocycles. The van der Waals surface area contributed by atoms with Gasteiger partial charge in [0.1, 0.15) is 0 Å².